The summed E-state index contributed by atoms with van der Waals surface area (Å²) in [5, 5.41) is 19.1. The van der Waals surface area contributed by atoms with Gasteiger partial charge in [-0.15, -0.1) is 0 Å². The molecule has 1 aromatic carbocycles. The van der Waals surface area contributed by atoms with Crippen LogP contribution in [-0.2, 0) is 22.6 Å². The largest absolute Gasteiger partial charge is 0.478 e. The number of rotatable bonds is 7. The minimum Gasteiger partial charge on any atom is -0.478 e. The topological polar surface area (TPSA) is 99.5 Å². The Bertz CT molecular complexity index is 656. The summed E-state index contributed by atoms with van der Waals surface area (Å²) < 4.78 is 0. The SMILES string of the molecule is CC(Cc1ccccc1)NCc1ccncc1.O=C(O)/C=C/C(=O)O. The number of aliphatic carboxylic acids is 2. The second-order valence-corrected chi connectivity index (χ2v) is 5.34. The van der Waals surface area contributed by atoms with Gasteiger partial charge in [-0.3, -0.25) is 4.98 Å². The fourth-order valence-electron chi connectivity index (χ4n) is 1.98. The Morgan fingerprint density at radius 1 is 1.00 bits per heavy atom. The summed E-state index contributed by atoms with van der Waals surface area (Å²) in [7, 11) is 0. The smallest absolute Gasteiger partial charge is 0.328 e. The molecule has 0 amide bonds. The van der Waals surface area contributed by atoms with Gasteiger partial charge in [0.15, 0.2) is 0 Å². The number of nitrogens with one attached hydrogen (secondary N) is 1. The van der Waals surface area contributed by atoms with E-state index in [0.29, 0.717) is 18.2 Å². The minimum atomic E-state index is -1.26. The molecular weight excluding hydrogens is 320 g/mol. The molecule has 0 bridgehead atoms. The lowest BCUT2D eigenvalue weighted by Crippen LogP contribution is -2.27. The first-order valence-electron chi connectivity index (χ1n) is 7.77. The van der Waals surface area contributed by atoms with Gasteiger partial charge < -0.3 is 15.5 Å². The molecule has 1 unspecified atom stereocenters. The number of carboxylic acid groups (broad SMARTS) is 2. The predicted octanol–water partition coefficient (Wildman–Crippen LogP) is 2.51. The van der Waals surface area contributed by atoms with Gasteiger partial charge in [0, 0.05) is 37.1 Å². The number of benzene rings is 1. The van der Waals surface area contributed by atoms with Crippen molar-refractivity contribution < 1.29 is 19.8 Å². The first kappa shape index (κ1) is 20.1. The highest BCUT2D eigenvalue weighted by molar-refractivity contribution is 5.89. The number of aromatic nitrogens is 1. The molecular formula is C19H22N2O4. The van der Waals surface area contributed by atoms with Crippen LogP contribution in [0.1, 0.15) is 18.1 Å². The Kier molecular flexibility index (Phi) is 9.25. The van der Waals surface area contributed by atoms with Gasteiger partial charge in [0.1, 0.15) is 0 Å². The van der Waals surface area contributed by atoms with Crippen molar-refractivity contribution in [3.63, 3.8) is 0 Å². The maximum absolute atomic E-state index is 9.55. The van der Waals surface area contributed by atoms with Crippen molar-refractivity contribution in [2.24, 2.45) is 0 Å². The van der Waals surface area contributed by atoms with E-state index in [-0.39, 0.29) is 0 Å². The Labute approximate surface area is 146 Å². The normalized spacial score (nSPS) is 11.4. The molecule has 3 N–H and O–H groups in total. The van der Waals surface area contributed by atoms with Crippen LogP contribution < -0.4 is 5.32 Å². The van der Waals surface area contributed by atoms with E-state index in [1.54, 1.807) is 0 Å². The number of hydrogen-bond donors (Lipinski definition) is 3. The Morgan fingerprint density at radius 2 is 1.56 bits per heavy atom. The number of hydrogen-bond acceptors (Lipinski definition) is 4. The first-order chi connectivity index (χ1) is 12.0. The Hall–Kier alpha value is -2.99. The van der Waals surface area contributed by atoms with Crippen molar-refractivity contribution in [3.05, 3.63) is 78.1 Å². The highest BCUT2D eigenvalue weighted by Crippen LogP contribution is 2.04. The van der Waals surface area contributed by atoms with Gasteiger partial charge >= 0.3 is 11.9 Å². The second kappa shape index (κ2) is 11.5. The van der Waals surface area contributed by atoms with Crippen LogP contribution in [0.25, 0.3) is 0 Å². The van der Waals surface area contributed by atoms with Crippen molar-refractivity contribution in [3.8, 4) is 0 Å². The van der Waals surface area contributed by atoms with Crippen LogP contribution in [0.5, 0.6) is 0 Å². The third-order valence-corrected chi connectivity index (χ3v) is 3.16. The molecule has 0 radical (unpaired) electrons. The average Bonchev–Trinajstić information content (AvgIpc) is 2.60. The monoisotopic (exact) mass is 342 g/mol. The van der Waals surface area contributed by atoms with E-state index in [4.69, 9.17) is 10.2 Å². The molecule has 0 aliphatic carbocycles. The van der Waals surface area contributed by atoms with E-state index in [1.165, 1.54) is 11.1 Å². The molecule has 0 saturated carbocycles. The molecule has 1 aromatic heterocycles. The van der Waals surface area contributed by atoms with Gasteiger partial charge in [0.25, 0.3) is 0 Å². The zero-order valence-corrected chi connectivity index (χ0v) is 14.0. The lowest BCUT2D eigenvalue weighted by Gasteiger charge is -2.13. The van der Waals surface area contributed by atoms with Gasteiger partial charge in [0.2, 0.25) is 0 Å². The molecule has 0 aliphatic rings. The third-order valence-electron chi connectivity index (χ3n) is 3.16. The summed E-state index contributed by atoms with van der Waals surface area (Å²) in [5.41, 5.74) is 2.65. The quantitative estimate of drug-likeness (QED) is 0.669. The van der Waals surface area contributed by atoms with E-state index in [9.17, 15) is 9.59 Å². The summed E-state index contributed by atoms with van der Waals surface area (Å²) in [6.45, 7) is 3.12. The predicted molar refractivity (Wildman–Crippen MR) is 95.1 cm³/mol. The van der Waals surface area contributed by atoms with Gasteiger partial charge in [-0.05, 0) is 36.6 Å². The summed E-state index contributed by atoms with van der Waals surface area (Å²) in [5.74, 6) is -2.51. The second-order valence-electron chi connectivity index (χ2n) is 5.34. The van der Waals surface area contributed by atoms with E-state index in [0.717, 1.165) is 13.0 Å². The molecule has 25 heavy (non-hydrogen) atoms. The minimum absolute atomic E-state index is 0.477. The molecule has 6 nitrogen and oxygen atoms in total. The summed E-state index contributed by atoms with van der Waals surface area (Å²) in [6, 6.07) is 15.1. The molecule has 1 atom stereocenters. The van der Waals surface area contributed by atoms with Crippen LogP contribution in [0.15, 0.2) is 67.0 Å². The van der Waals surface area contributed by atoms with E-state index in [2.05, 4.69) is 47.6 Å². The van der Waals surface area contributed by atoms with E-state index in [1.807, 2.05) is 24.5 Å². The Balaban J connectivity index is 0.000000333. The molecule has 6 heteroatoms. The zero-order valence-electron chi connectivity index (χ0n) is 14.0. The van der Waals surface area contributed by atoms with Crippen LogP contribution in [0.4, 0.5) is 0 Å². The van der Waals surface area contributed by atoms with Crippen molar-refractivity contribution in [2.75, 3.05) is 0 Å². The fraction of sp³-hybridized carbons (Fsp3) is 0.211. The van der Waals surface area contributed by atoms with Gasteiger partial charge in [-0.1, -0.05) is 30.3 Å². The van der Waals surface area contributed by atoms with Crippen LogP contribution in [0.3, 0.4) is 0 Å². The van der Waals surface area contributed by atoms with E-state index < -0.39 is 11.9 Å². The third kappa shape index (κ3) is 10.4. The molecule has 2 aromatic rings. The van der Waals surface area contributed by atoms with Crippen molar-refractivity contribution in [2.45, 2.75) is 25.9 Å². The van der Waals surface area contributed by atoms with Crippen molar-refractivity contribution in [1.82, 2.24) is 10.3 Å². The first-order valence-corrected chi connectivity index (χ1v) is 7.77. The maximum Gasteiger partial charge on any atom is 0.328 e. The van der Waals surface area contributed by atoms with Crippen LogP contribution in [0.2, 0.25) is 0 Å². The van der Waals surface area contributed by atoms with Crippen LogP contribution in [-0.4, -0.2) is 33.2 Å². The molecule has 2 rings (SSSR count). The maximum atomic E-state index is 9.55. The molecule has 1 heterocycles. The van der Waals surface area contributed by atoms with Crippen LogP contribution >= 0.6 is 0 Å². The highest BCUT2D eigenvalue weighted by atomic mass is 16.4. The van der Waals surface area contributed by atoms with Crippen molar-refractivity contribution >= 4 is 11.9 Å². The van der Waals surface area contributed by atoms with Gasteiger partial charge in [-0.25, -0.2) is 9.59 Å². The number of carboxylic acids is 2. The van der Waals surface area contributed by atoms with E-state index >= 15 is 0 Å². The summed E-state index contributed by atoms with van der Waals surface area (Å²) in [4.78, 5) is 23.1. The fourth-order valence-corrected chi connectivity index (χ4v) is 1.98. The molecule has 0 saturated heterocycles. The lowest BCUT2D eigenvalue weighted by molar-refractivity contribution is -0.134. The van der Waals surface area contributed by atoms with Gasteiger partial charge in [0.05, 0.1) is 0 Å². The number of nitrogens with zero attached hydrogens (tertiary/aromatic N) is 1. The highest BCUT2D eigenvalue weighted by Gasteiger charge is 2.02. The Morgan fingerprint density at radius 3 is 2.08 bits per heavy atom. The standard InChI is InChI=1S/C15H18N2.C4H4O4/c1-13(11-14-5-3-2-4-6-14)17-12-15-7-9-16-10-8-15;5-3(6)1-2-4(7)8/h2-10,13,17H,11-12H2,1H3;1-2H,(H,5,6)(H,7,8)/b;2-1+. The molecule has 132 valence electrons. The molecule has 0 spiro atoms. The number of carbonyl (C=O) groups is 2. The summed E-state index contributed by atoms with van der Waals surface area (Å²) >= 11 is 0. The average molecular weight is 342 g/mol. The summed E-state index contributed by atoms with van der Waals surface area (Å²) in [6.07, 6.45) is 5.84. The van der Waals surface area contributed by atoms with Crippen LogP contribution in [0, 0.1) is 0 Å². The zero-order chi connectivity index (χ0) is 18.5. The molecule has 0 fully saturated rings. The lowest BCUT2D eigenvalue weighted by atomic mass is 10.1. The number of pyridine rings is 1. The van der Waals surface area contributed by atoms with Crippen molar-refractivity contribution in [1.29, 1.82) is 0 Å². The van der Waals surface area contributed by atoms with Gasteiger partial charge in [-0.2, -0.15) is 0 Å². The molecule has 0 aliphatic heterocycles.